The van der Waals surface area contributed by atoms with Crippen molar-refractivity contribution in [2.75, 3.05) is 0 Å². The first-order chi connectivity index (χ1) is 9.72. The number of benzene rings is 1. The lowest BCUT2D eigenvalue weighted by molar-refractivity contribution is 0.389. The molecule has 2 aromatic rings. The summed E-state index contributed by atoms with van der Waals surface area (Å²) >= 11 is 0. The smallest absolute Gasteiger partial charge is 0.137 e. The zero-order valence-electron chi connectivity index (χ0n) is 12.1. The molecule has 0 N–H and O–H groups in total. The molecule has 104 valence electrons. The van der Waals surface area contributed by atoms with Gasteiger partial charge in [0.2, 0.25) is 0 Å². The van der Waals surface area contributed by atoms with Gasteiger partial charge in [-0.1, -0.05) is 44.0 Å². The maximum atomic E-state index is 9.87. The van der Waals surface area contributed by atoms with E-state index in [-0.39, 0.29) is 0 Å². The van der Waals surface area contributed by atoms with Gasteiger partial charge in [0.15, 0.2) is 0 Å². The summed E-state index contributed by atoms with van der Waals surface area (Å²) in [6.07, 6.45) is 6.13. The molecule has 1 aromatic heterocycles. The second-order valence-electron chi connectivity index (χ2n) is 5.21. The molecule has 0 spiro atoms. The summed E-state index contributed by atoms with van der Waals surface area (Å²) in [6.45, 7) is 4.76. The van der Waals surface area contributed by atoms with Crippen LogP contribution in [0.25, 0.3) is 0 Å². The van der Waals surface area contributed by atoms with E-state index in [1.165, 1.54) is 6.33 Å². The van der Waals surface area contributed by atoms with Crippen molar-refractivity contribution in [2.24, 2.45) is 0 Å². The van der Waals surface area contributed by atoms with Crippen molar-refractivity contribution >= 4 is 0 Å². The minimum atomic E-state index is -0.533. The van der Waals surface area contributed by atoms with E-state index in [1.54, 1.807) is 11.0 Å². The third kappa shape index (κ3) is 2.88. The second kappa shape index (κ2) is 6.33. The lowest BCUT2D eigenvalue weighted by atomic mass is 9.75. The number of unbranched alkanes of at least 4 members (excludes halogenated alkanes) is 1. The molecule has 0 saturated carbocycles. The molecule has 0 radical (unpaired) electrons. The Morgan fingerprint density at radius 2 is 2.15 bits per heavy atom. The first-order valence-corrected chi connectivity index (χ1v) is 7.01. The predicted octanol–water partition coefficient (Wildman–Crippen LogP) is 3.24. The molecule has 0 bridgehead atoms. The fourth-order valence-electron chi connectivity index (χ4n) is 2.63. The first kappa shape index (κ1) is 14.3. The van der Waals surface area contributed by atoms with Crippen LogP contribution in [0.1, 0.15) is 37.3 Å². The molecule has 2 rings (SSSR count). The predicted molar refractivity (Wildman–Crippen MR) is 78.0 cm³/mol. The van der Waals surface area contributed by atoms with Crippen LogP contribution in [-0.4, -0.2) is 14.8 Å². The Balaban J connectivity index is 2.42. The Morgan fingerprint density at radius 1 is 1.35 bits per heavy atom. The Hall–Kier alpha value is -2.15. The first-order valence-electron chi connectivity index (χ1n) is 7.01. The van der Waals surface area contributed by atoms with Crippen LogP contribution in [0.3, 0.4) is 0 Å². The number of hydrogen-bond donors (Lipinski definition) is 0. The minimum absolute atomic E-state index is 0.533. The fourth-order valence-corrected chi connectivity index (χ4v) is 2.63. The molecule has 1 aromatic carbocycles. The highest BCUT2D eigenvalue weighted by Gasteiger charge is 2.33. The van der Waals surface area contributed by atoms with E-state index in [1.807, 2.05) is 12.1 Å². The SMILES string of the molecule is CCCCC(C#N)(Cn1cncn1)c1ccccc1C. The normalized spacial score (nSPS) is 13.7. The van der Waals surface area contributed by atoms with Crippen LogP contribution in [0, 0.1) is 18.3 Å². The summed E-state index contributed by atoms with van der Waals surface area (Å²) in [5.41, 5.74) is 1.73. The third-order valence-electron chi connectivity index (χ3n) is 3.73. The van der Waals surface area contributed by atoms with Crippen LogP contribution < -0.4 is 0 Å². The van der Waals surface area contributed by atoms with Crippen molar-refractivity contribution in [1.82, 2.24) is 14.8 Å². The van der Waals surface area contributed by atoms with Gasteiger partial charge < -0.3 is 0 Å². The summed E-state index contributed by atoms with van der Waals surface area (Å²) in [5, 5.41) is 14.0. The summed E-state index contributed by atoms with van der Waals surface area (Å²) < 4.78 is 1.76. The van der Waals surface area contributed by atoms with Crippen LogP contribution in [-0.2, 0) is 12.0 Å². The van der Waals surface area contributed by atoms with Crippen LogP contribution >= 0.6 is 0 Å². The Morgan fingerprint density at radius 3 is 2.75 bits per heavy atom. The molecule has 1 atom stereocenters. The average molecular weight is 268 g/mol. The van der Waals surface area contributed by atoms with E-state index < -0.39 is 5.41 Å². The number of hydrogen-bond acceptors (Lipinski definition) is 3. The highest BCUT2D eigenvalue weighted by Crippen LogP contribution is 2.33. The number of aromatic nitrogens is 3. The quantitative estimate of drug-likeness (QED) is 0.808. The van der Waals surface area contributed by atoms with Gasteiger partial charge in [-0.05, 0) is 24.5 Å². The Labute approximate surface area is 120 Å². The lowest BCUT2D eigenvalue weighted by Crippen LogP contribution is -2.31. The van der Waals surface area contributed by atoms with E-state index >= 15 is 0 Å². The van der Waals surface area contributed by atoms with Crippen molar-refractivity contribution < 1.29 is 0 Å². The molecule has 0 saturated heterocycles. The molecule has 4 nitrogen and oxygen atoms in total. The summed E-state index contributed by atoms with van der Waals surface area (Å²) in [4.78, 5) is 3.98. The largest absolute Gasteiger partial charge is 0.251 e. The van der Waals surface area contributed by atoms with E-state index in [4.69, 9.17) is 0 Å². The zero-order valence-corrected chi connectivity index (χ0v) is 12.1. The van der Waals surface area contributed by atoms with Gasteiger partial charge in [-0.3, -0.25) is 4.68 Å². The lowest BCUT2D eigenvalue weighted by Gasteiger charge is -2.28. The monoisotopic (exact) mass is 268 g/mol. The van der Waals surface area contributed by atoms with Gasteiger partial charge in [-0.15, -0.1) is 0 Å². The zero-order chi connectivity index (χ0) is 14.4. The topological polar surface area (TPSA) is 54.5 Å². The van der Waals surface area contributed by atoms with Crippen molar-refractivity contribution in [1.29, 1.82) is 5.26 Å². The minimum Gasteiger partial charge on any atom is -0.251 e. The molecule has 4 heteroatoms. The molecular formula is C16H20N4. The number of nitrogens with zero attached hydrogens (tertiary/aromatic N) is 4. The van der Waals surface area contributed by atoms with Crippen LogP contribution in [0.2, 0.25) is 0 Å². The molecule has 0 aliphatic carbocycles. The van der Waals surface area contributed by atoms with Gasteiger partial charge in [-0.25, -0.2) is 4.98 Å². The highest BCUT2D eigenvalue weighted by atomic mass is 15.3. The van der Waals surface area contributed by atoms with Crippen LogP contribution in [0.15, 0.2) is 36.9 Å². The van der Waals surface area contributed by atoms with E-state index in [2.05, 4.69) is 42.1 Å². The van der Waals surface area contributed by atoms with E-state index in [9.17, 15) is 5.26 Å². The molecule has 0 aliphatic heterocycles. The third-order valence-corrected chi connectivity index (χ3v) is 3.73. The highest BCUT2D eigenvalue weighted by molar-refractivity contribution is 5.38. The number of aryl methyl sites for hydroxylation is 1. The second-order valence-corrected chi connectivity index (χ2v) is 5.21. The van der Waals surface area contributed by atoms with Gasteiger partial charge >= 0.3 is 0 Å². The standard InChI is InChI=1S/C16H20N4/c1-3-4-9-16(10-17,11-20-13-18-12-19-20)15-8-6-5-7-14(15)2/h5-8,12-13H,3-4,9,11H2,1-2H3. The van der Waals surface area contributed by atoms with E-state index in [0.717, 1.165) is 30.4 Å². The molecule has 20 heavy (non-hydrogen) atoms. The maximum absolute atomic E-state index is 9.87. The summed E-state index contributed by atoms with van der Waals surface area (Å²) in [6, 6.07) is 10.7. The molecule has 1 heterocycles. The Kier molecular flexibility index (Phi) is 4.52. The maximum Gasteiger partial charge on any atom is 0.137 e. The molecular weight excluding hydrogens is 248 g/mol. The van der Waals surface area contributed by atoms with Crippen LogP contribution in [0.5, 0.6) is 0 Å². The number of nitriles is 1. The van der Waals surface area contributed by atoms with Crippen LogP contribution in [0.4, 0.5) is 0 Å². The summed E-state index contributed by atoms with van der Waals surface area (Å²) in [7, 11) is 0. The average Bonchev–Trinajstić information content (AvgIpc) is 2.97. The number of rotatable bonds is 6. The molecule has 0 amide bonds. The van der Waals surface area contributed by atoms with Gasteiger partial charge in [0, 0.05) is 0 Å². The van der Waals surface area contributed by atoms with E-state index in [0.29, 0.717) is 6.54 Å². The van der Waals surface area contributed by atoms with Crippen molar-refractivity contribution in [3.05, 3.63) is 48.0 Å². The molecule has 0 aliphatic rings. The van der Waals surface area contributed by atoms with Gasteiger partial charge in [-0.2, -0.15) is 10.4 Å². The van der Waals surface area contributed by atoms with Crippen molar-refractivity contribution in [3.63, 3.8) is 0 Å². The van der Waals surface area contributed by atoms with Crippen molar-refractivity contribution in [3.8, 4) is 6.07 Å². The van der Waals surface area contributed by atoms with Gasteiger partial charge in [0.05, 0.1) is 12.6 Å². The Bertz CT molecular complexity index is 583. The van der Waals surface area contributed by atoms with Crippen molar-refractivity contribution in [2.45, 2.75) is 45.1 Å². The molecule has 0 fully saturated rings. The fraction of sp³-hybridized carbons (Fsp3) is 0.438. The van der Waals surface area contributed by atoms with Gasteiger partial charge in [0.1, 0.15) is 18.1 Å². The molecule has 1 unspecified atom stereocenters. The summed E-state index contributed by atoms with van der Waals surface area (Å²) in [5.74, 6) is 0. The van der Waals surface area contributed by atoms with Gasteiger partial charge in [0.25, 0.3) is 0 Å².